The zero-order valence-electron chi connectivity index (χ0n) is 12.2. The second kappa shape index (κ2) is 7.07. The number of hydrogen-bond donors (Lipinski definition) is 1. The fraction of sp³-hybridized carbons (Fsp3) is 0.375. The molecule has 0 spiro atoms. The van der Waals surface area contributed by atoms with E-state index < -0.39 is 0 Å². The Morgan fingerprint density at radius 1 is 1.14 bits per heavy atom. The van der Waals surface area contributed by atoms with Crippen molar-refractivity contribution < 1.29 is 9.59 Å². The number of amides is 2. The molecule has 0 radical (unpaired) electrons. The highest BCUT2D eigenvalue weighted by atomic mass is 32.1. The molecule has 0 aromatic carbocycles. The van der Waals surface area contributed by atoms with Crippen LogP contribution in [0.25, 0.3) is 0 Å². The molecule has 1 N–H and O–H groups in total. The van der Waals surface area contributed by atoms with Gasteiger partial charge in [-0.05, 0) is 35.7 Å². The quantitative estimate of drug-likeness (QED) is 0.935. The summed E-state index contributed by atoms with van der Waals surface area (Å²) in [6.45, 7) is 1.44. The maximum absolute atomic E-state index is 12.2. The zero-order chi connectivity index (χ0) is 15.4. The van der Waals surface area contributed by atoms with Crippen molar-refractivity contribution in [3.8, 4) is 0 Å². The number of hydrogen-bond acceptors (Lipinski definition) is 4. The summed E-state index contributed by atoms with van der Waals surface area (Å²) in [6, 6.07) is 7.85. The van der Waals surface area contributed by atoms with Gasteiger partial charge in [0.15, 0.2) is 0 Å². The number of carbonyl (C=O) groups excluding carboxylic acids is 2. The number of thiophene rings is 2. The van der Waals surface area contributed by atoms with Crippen LogP contribution >= 0.6 is 22.7 Å². The van der Waals surface area contributed by atoms with Crippen LogP contribution in [-0.4, -0.2) is 35.8 Å². The topological polar surface area (TPSA) is 49.4 Å². The monoisotopic (exact) mass is 334 g/mol. The van der Waals surface area contributed by atoms with E-state index in [1.54, 1.807) is 11.3 Å². The molecule has 1 aliphatic heterocycles. The highest BCUT2D eigenvalue weighted by molar-refractivity contribution is 7.12. The van der Waals surface area contributed by atoms with E-state index in [1.165, 1.54) is 11.3 Å². The van der Waals surface area contributed by atoms with Gasteiger partial charge in [-0.15, -0.1) is 22.7 Å². The first kappa shape index (κ1) is 15.2. The molecule has 3 rings (SSSR count). The lowest BCUT2D eigenvalue weighted by Gasteiger charge is -2.32. The molecule has 0 bridgehead atoms. The van der Waals surface area contributed by atoms with Crippen LogP contribution < -0.4 is 5.32 Å². The van der Waals surface area contributed by atoms with E-state index in [0.717, 1.165) is 35.7 Å². The number of likely N-dealkylation sites (tertiary alicyclic amines) is 1. The average molecular weight is 334 g/mol. The van der Waals surface area contributed by atoms with E-state index in [1.807, 2.05) is 39.9 Å². The first-order valence-corrected chi connectivity index (χ1v) is 9.13. The standard InChI is InChI=1S/C16H18N2O2S2/c19-15(11-13-3-1-9-21-13)18-7-5-12(6-8-18)17-16(20)14-4-2-10-22-14/h1-4,9-10,12H,5-8,11H2,(H,17,20). The molecule has 2 amide bonds. The highest BCUT2D eigenvalue weighted by Gasteiger charge is 2.24. The predicted octanol–water partition coefficient (Wildman–Crippen LogP) is 2.77. The Bertz CT molecular complexity index is 615. The Labute approximate surface area is 137 Å². The molecular weight excluding hydrogens is 316 g/mol. The van der Waals surface area contributed by atoms with Crippen LogP contribution in [0, 0.1) is 0 Å². The second-order valence-corrected chi connectivity index (χ2v) is 7.34. The van der Waals surface area contributed by atoms with Crippen molar-refractivity contribution in [3.05, 3.63) is 44.8 Å². The largest absolute Gasteiger partial charge is 0.348 e. The lowest BCUT2D eigenvalue weighted by molar-refractivity contribution is -0.131. The maximum Gasteiger partial charge on any atom is 0.261 e. The maximum atomic E-state index is 12.2. The number of nitrogens with one attached hydrogen (secondary N) is 1. The Kier molecular flexibility index (Phi) is 4.90. The van der Waals surface area contributed by atoms with E-state index in [2.05, 4.69) is 5.32 Å². The van der Waals surface area contributed by atoms with Crippen LogP contribution in [0.2, 0.25) is 0 Å². The van der Waals surface area contributed by atoms with Crippen LogP contribution in [0.4, 0.5) is 0 Å². The van der Waals surface area contributed by atoms with Gasteiger partial charge in [0, 0.05) is 24.0 Å². The van der Waals surface area contributed by atoms with Gasteiger partial charge < -0.3 is 10.2 Å². The number of piperidine rings is 1. The minimum absolute atomic E-state index is 0.00152. The molecule has 0 saturated carbocycles. The molecular formula is C16H18N2O2S2. The summed E-state index contributed by atoms with van der Waals surface area (Å²) in [5.74, 6) is 0.184. The summed E-state index contributed by atoms with van der Waals surface area (Å²) in [6.07, 6.45) is 2.14. The predicted molar refractivity (Wildman–Crippen MR) is 89.4 cm³/mol. The van der Waals surface area contributed by atoms with Gasteiger partial charge in [-0.1, -0.05) is 12.1 Å². The Balaban J connectivity index is 1.46. The lowest BCUT2D eigenvalue weighted by Crippen LogP contribution is -2.46. The second-order valence-electron chi connectivity index (χ2n) is 5.36. The fourth-order valence-electron chi connectivity index (χ4n) is 2.61. The number of rotatable bonds is 4. The first-order chi connectivity index (χ1) is 10.7. The zero-order valence-corrected chi connectivity index (χ0v) is 13.8. The van der Waals surface area contributed by atoms with Gasteiger partial charge >= 0.3 is 0 Å². The van der Waals surface area contributed by atoms with E-state index in [4.69, 9.17) is 0 Å². The molecule has 1 saturated heterocycles. The summed E-state index contributed by atoms with van der Waals surface area (Å²) >= 11 is 3.07. The summed E-state index contributed by atoms with van der Waals surface area (Å²) in [4.78, 5) is 28.0. The van der Waals surface area contributed by atoms with Crippen LogP contribution in [-0.2, 0) is 11.2 Å². The van der Waals surface area contributed by atoms with Crippen molar-refractivity contribution in [3.63, 3.8) is 0 Å². The van der Waals surface area contributed by atoms with Crippen molar-refractivity contribution >= 4 is 34.5 Å². The van der Waals surface area contributed by atoms with Gasteiger partial charge in [0.25, 0.3) is 5.91 Å². The Hall–Kier alpha value is -1.66. The minimum Gasteiger partial charge on any atom is -0.348 e. The van der Waals surface area contributed by atoms with Crippen LogP contribution in [0.5, 0.6) is 0 Å². The van der Waals surface area contributed by atoms with Crippen molar-refractivity contribution in [1.29, 1.82) is 0 Å². The van der Waals surface area contributed by atoms with Crippen LogP contribution in [0.15, 0.2) is 35.0 Å². The normalized spacial score (nSPS) is 15.7. The van der Waals surface area contributed by atoms with Crippen LogP contribution in [0.3, 0.4) is 0 Å². The summed E-state index contributed by atoms with van der Waals surface area (Å²) < 4.78 is 0. The molecule has 2 aromatic rings. The summed E-state index contributed by atoms with van der Waals surface area (Å²) in [5, 5.41) is 6.96. The molecule has 0 unspecified atom stereocenters. The molecule has 22 heavy (non-hydrogen) atoms. The van der Waals surface area contributed by atoms with Gasteiger partial charge in [0.2, 0.25) is 5.91 Å². The highest BCUT2D eigenvalue weighted by Crippen LogP contribution is 2.16. The van der Waals surface area contributed by atoms with Gasteiger partial charge in [0.1, 0.15) is 0 Å². The van der Waals surface area contributed by atoms with Crippen molar-refractivity contribution in [2.24, 2.45) is 0 Å². The van der Waals surface area contributed by atoms with Crippen LogP contribution in [0.1, 0.15) is 27.4 Å². The van der Waals surface area contributed by atoms with Gasteiger partial charge in [-0.3, -0.25) is 9.59 Å². The first-order valence-electron chi connectivity index (χ1n) is 7.37. The molecule has 2 aromatic heterocycles. The third-order valence-corrected chi connectivity index (χ3v) is 5.58. The third kappa shape index (κ3) is 3.75. The molecule has 6 heteroatoms. The van der Waals surface area contributed by atoms with Crippen molar-refractivity contribution in [2.75, 3.05) is 13.1 Å². The van der Waals surface area contributed by atoms with Crippen molar-refractivity contribution in [1.82, 2.24) is 10.2 Å². The van der Waals surface area contributed by atoms with Gasteiger partial charge in [-0.25, -0.2) is 0 Å². The number of nitrogens with zero attached hydrogens (tertiary/aromatic N) is 1. The molecule has 4 nitrogen and oxygen atoms in total. The third-order valence-electron chi connectivity index (χ3n) is 3.83. The molecule has 1 aliphatic rings. The van der Waals surface area contributed by atoms with Crippen molar-refractivity contribution in [2.45, 2.75) is 25.3 Å². The number of carbonyl (C=O) groups is 2. The SMILES string of the molecule is O=C(NC1CCN(C(=O)Cc2cccs2)CC1)c1cccs1. The van der Waals surface area contributed by atoms with E-state index in [0.29, 0.717) is 6.42 Å². The van der Waals surface area contributed by atoms with E-state index >= 15 is 0 Å². The lowest BCUT2D eigenvalue weighted by atomic mass is 10.0. The molecule has 3 heterocycles. The smallest absolute Gasteiger partial charge is 0.261 e. The summed E-state index contributed by atoms with van der Waals surface area (Å²) in [7, 11) is 0. The Morgan fingerprint density at radius 2 is 1.86 bits per heavy atom. The average Bonchev–Trinajstić information content (AvgIpc) is 3.21. The molecule has 1 fully saturated rings. The molecule has 0 atom stereocenters. The summed E-state index contributed by atoms with van der Waals surface area (Å²) in [5.41, 5.74) is 0. The van der Waals surface area contributed by atoms with E-state index in [-0.39, 0.29) is 17.9 Å². The van der Waals surface area contributed by atoms with E-state index in [9.17, 15) is 9.59 Å². The fourth-order valence-corrected chi connectivity index (χ4v) is 3.93. The molecule has 116 valence electrons. The Morgan fingerprint density at radius 3 is 2.50 bits per heavy atom. The minimum atomic E-state index is -0.00152. The van der Waals surface area contributed by atoms with Gasteiger partial charge in [-0.2, -0.15) is 0 Å². The molecule has 0 aliphatic carbocycles. The van der Waals surface area contributed by atoms with Gasteiger partial charge in [0.05, 0.1) is 11.3 Å².